The number of rotatable bonds is 3. The number of halogens is 2. The molecule has 0 radical (unpaired) electrons. The van der Waals surface area contributed by atoms with E-state index in [1.54, 1.807) is 26.0 Å². The van der Waals surface area contributed by atoms with E-state index in [4.69, 9.17) is 23.2 Å². The fraction of sp³-hybridized carbons (Fsp3) is 0.625. The maximum absolute atomic E-state index is 12.1. The van der Waals surface area contributed by atoms with Gasteiger partial charge in [-0.15, -0.1) is 0 Å². The largest absolute Gasteiger partial charge is 0.329 e. The van der Waals surface area contributed by atoms with Gasteiger partial charge in [0.25, 0.3) is 0 Å². The van der Waals surface area contributed by atoms with Gasteiger partial charge in [0.15, 0.2) is 26.2 Å². The van der Waals surface area contributed by atoms with Crippen LogP contribution >= 0.6 is 23.2 Å². The summed E-state index contributed by atoms with van der Waals surface area (Å²) in [7, 11) is 0. The van der Waals surface area contributed by atoms with Gasteiger partial charge in [-0.3, -0.25) is 30.0 Å². The van der Waals surface area contributed by atoms with Crippen LogP contribution in [-0.2, 0) is 0 Å². The van der Waals surface area contributed by atoms with Crippen LogP contribution in [0.15, 0.2) is 18.2 Å². The number of hydrogen-bond acceptors (Lipinski definition) is 4. The molecule has 0 amide bonds. The Hall–Kier alpha value is -1.48. The third-order valence-electron chi connectivity index (χ3n) is 7.19. The van der Waals surface area contributed by atoms with Crippen LogP contribution in [0.1, 0.15) is 25.6 Å². The quantitative estimate of drug-likeness (QED) is 0.543. The zero-order valence-electron chi connectivity index (χ0n) is 14.4. The molecular formula is C16H20Cl2N4O4+2. The van der Waals surface area contributed by atoms with Crippen LogP contribution in [0.4, 0.5) is 0 Å². The predicted octanol–water partition coefficient (Wildman–Crippen LogP) is -0.140. The lowest BCUT2D eigenvalue weighted by Gasteiger charge is -2.60. The molecule has 0 spiro atoms. The van der Waals surface area contributed by atoms with Gasteiger partial charge in [-0.2, -0.15) is 0 Å². The summed E-state index contributed by atoms with van der Waals surface area (Å²) in [5.41, 5.74) is -2.84. The third-order valence-corrected chi connectivity index (χ3v) is 7.76. The van der Waals surface area contributed by atoms with Crippen molar-refractivity contribution in [2.45, 2.75) is 31.1 Å². The number of quaternary nitrogens is 2. The lowest BCUT2D eigenvalue weighted by atomic mass is 9.53. The Morgan fingerprint density at radius 2 is 1.46 bits per heavy atom. The zero-order chi connectivity index (χ0) is 19.1. The molecule has 4 heterocycles. The molecule has 0 unspecified atom stereocenters. The summed E-state index contributed by atoms with van der Waals surface area (Å²) in [6.07, 6.45) is -0.156. The summed E-state index contributed by atoms with van der Waals surface area (Å²) < 4.78 is 0. The van der Waals surface area contributed by atoms with Crippen molar-refractivity contribution in [3.8, 4) is 0 Å². The van der Waals surface area contributed by atoms with Gasteiger partial charge in [-0.1, -0.05) is 23.2 Å². The van der Waals surface area contributed by atoms with E-state index in [2.05, 4.69) is 0 Å². The van der Waals surface area contributed by atoms with Crippen molar-refractivity contribution in [1.82, 2.24) is 0 Å². The molecule has 8 nitrogen and oxygen atoms in total. The van der Waals surface area contributed by atoms with Crippen molar-refractivity contribution in [2.24, 2.45) is 5.41 Å². The fourth-order valence-corrected chi connectivity index (χ4v) is 6.17. The molecule has 4 bridgehead atoms. The van der Waals surface area contributed by atoms with Crippen molar-refractivity contribution in [3.63, 3.8) is 0 Å². The van der Waals surface area contributed by atoms with Crippen LogP contribution < -0.4 is 9.80 Å². The number of nitrogens with zero attached hydrogens (tertiary/aromatic N) is 2. The Labute approximate surface area is 159 Å². The van der Waals surface area contributed by atoms with Gasteiger partial charge in [0, 0.05) is 14.9 Å². The van der Waals surface area contributed by atoms with E-state index in [1.165, 1.54) is 0 Å². The molecule has 0 saturated carbocycles. The number of hydrogen-bond donors (Lipinski definition) is 2. The fourth-order valence-electron chi connectivity index (χ4n) is 5.66. The predicted molar refractivity (Wildman–Crippen MR) is 93.8 cm³/mol. The second-order valence-electron chi connectivity index (χ2n) is 8.32. The van der Waals surface area contributed by atoms with Crippen LogP contribution in [0.2, 0.25) is 10.0 Å². The highest BCUT2D eigenvalue weighted by molar-refractivity contribution is 6.35. The molecule has 10 heteroatoms. The Kier molecular flexibility index (Phi) is 3.64. The summed E-state index contributed by atoms with van der Waals surface area (Å²) in [6, 6.07) is 5.23. The van der Waals surface area contributed by atoms with E-state index < -0.39 is 16.5 Å². The van der Waals surface area contributed by atoms with Crippen molar-refractivity contribution >= 4 is 23.2 Å². The molecule has 2 N–H and O–H groups in total. The van der Waals surface area contributed by atoms with E-state index in [1.807, 2.05) is 6.07 Å². The summed E-state index contributed by atoms with van der Waals surface area (Å²) in [6.45, 7) is 4.43. The Balaban J connectivity index is 1.85. The number of piperidine rings is 2. The van der Waals surface area contributed by atoms with Crippen LogP contribution in [0.25, 0.3) is 0 Å². The Bertz CT molecular complexity index is 778. The minimum absolute atomic E-state index is 0.156. The molecule has 4 fully saturated rings. The van der Waals surface area contributed by atoms with Gasteiger partial charge < -0.3 is 0 Å². The average molecular weight is 403 g/mol. The molecule has 4 aliphatic rings. The monoisotopic (exact) mass is 402 g/mol. The van der Waals surface area contributed by atoms with Crippen LogP contribution in [0.3, 0.4) is 0 Å². The molecule has 26 heavy (non-hydrogen) atoms. The first-order valence-electron chi connectivity index (χ1n) is 8.49. The second kappa shape index (κ2) is 5.28. The molecule has 1 aromatic carbocycles. The van der Waals surface area contributed by atoms with Gasteiger partial charge in [0.2, 0.25) is 6.17 Å². The molecule has 5 rings (SSSR count). The van der Waals surface area contributed by atoms with Crippen LogP contribution in [-0.4, -0.2) is 47.1 Å². The van der Waals surface area contributed by atoms with Crippen molar-refractivity contribution in [2.75, 3.05) is 26.2 Å². The Morgan fingerprint density at radius 1 is 1.00 bits per heavy atom. The van der Waals surface area contributed by atoms with Crippen LogP contribution in [0.5, 0.6) is 0 Å². The van der Waals surface area contributed by atoms with Crippen LogP contribution in [0, 0.1) is 25.6 Å². The molecular weight excluding hydrogens is 383 g/mol. The normalized spacial score (nSPS) is 39.8. The summed E-state index contributed by atoms with van der Waals surface area (Å²) in [5.74, 6) is 0. The number of nitro groups is 2. The summed E-state index contributed by atoms with van der Waals surface area (Å²) >= 11 is 12.4. The lowest BCUT2D eigenvalue weighted by Crippen LogP contribution is -3.43. The van der Waals surface area contributed by atoms with Gasteiger partial charge in [0.1, 0.15) is 5.41 Å². The molecule has 0 aromatic heterocycles. The summed E-state index contributed by atoms with van der Waals surface area (Å²) in [5, 5.41) is 25.2. The maximum Gasteiger partial charge on any atom is 0.329 e. The number of benzene rings is 1. The minimum Gasteiger partial charge on any atom is -0.269 e. The van der Waals surface area contributed by atoms with Gasteiger partial charge in [-0.25, -0.2) is 0 Å². The molecule has 140 valence electrons. The second-order valence-corrected chi connectivity index (χ2v) is 9.17. The lowest BCUT2D eigenvalue weighted by molar-refractivity contribution is -1.20. The standard InChI is InChI=1S/C16H18Cl2N4O4/c1-14(2)15(21(23)24)6-19-8-16(14,22(25)26)9-20(7-15)13(19)11-4-3-10(17)5-12(11)18/h3-5,13H,6-9H2,1-2H3/p+2. The number of nitrogens with one attached hydrogen (secondary N) is 2. The average Bonchev–Trinajstić information content (AvgIpc) is 2.51. The molecule has 0 atom stereocenters. The molecule has 4 saturated heterocycles. The van der Waals surface area contributed by atoms with E-state index in [0.29, 0.717) is 10.0 Å². The first kappa shape index (κ1) is 17.9. The third kappa shape index (κ3) is 1.93. The van der Waals surface area contributed by atoms with E-state index in [0.717, 1.165) is 15.4 Å². The van der Waals surface area contributed by atoms with Crippen molar-refractivity contribution < 1.29 is 19.6 Å². The van der Waals surface area contributed by atoms with Gasteiger partial charge in [-0.05, 0) is 32.0 Å². The van der Waals surface area contributed by atoms with Gasteiger partial charge >= 0.3 is 11.1 Å². The minimum atomic E-state index is -1.32. The van der Waals surface area contributed by atoms with Gasteiger partial charge in [0.05, 0.1) is 10.6 Å². The van der Waals surface area contributed by atoms with Crippen molar-refractivity contribution in [1.29, 1.82) is 0 Å². The topological polar surface area (TPSA) is 95.2 Å². The molecule has 1 aromatic rings. The highest BCUT2D eigenvalue weighted by Gasteiger charge is 2.87. The molecule has 0 aliphatic carbocycles. The molecule has 4 aliphatic heterocycles. The first-order chi connectivity index (χ1) is 12.1. The smallest absolute Gasteiger partial charge is 0.269 e. The SMILES string of the molecule is CC1(C)C2([N+](=O)[O-])C[NH+]3CC1([N+](=O)[O-])C[NH+](C2)C3c1ccc(Cl)cc1Cl. The van der Waals surface area contributed by atoms with E-state index in [-0.39, 0.29) is 42.2 Å². The highest BCUT2D eigenvalue weighted by atomic mass is 35.5. The summed E-state index contributed by atoms with van der Waals surface area (Å²) in [4.78, 5) is 25.4. The zero-order valence-corrected chi connectivity index (χ0v) is 15.9. The first-order valence-corrected chi connectivity index (χ1v) is 9.24. The van der Waals surface area contributed by atoms with E-state index in [9.17, 15) is 20.2 Å². The Morgan fingerprint density at radius 3 is 1.85 bits per heavy atom. The maximum atomic E-state index is 12.1. The highest BCUT2D eigenvalue weighted by Crippen LogP contribution is 2.48. The van der Waals surface area contributed by atoms with Crippen molar-refractivity contribution in [3.05, 3.63) is 54.0 Å². The van der Waals surface area contributed by atoms with E-state index >= 15 is 0 Å².